The molecule has 0 aliphatic carbocycles. The number of halogens is 1. The molecule has 0 fully saturated rings. The van der Waals surface area contributed by atoms with Crippen molar-refractivity contribution in [3.05, 3.63) is 0 Å². The number of hydrogen-bond acceptors (Lipinski definition) is 12. The summed E-state index contributed by atoms with van der Waals surface area (Å²) in [5.74, 6) is -2.65. The first-order chi connectivity index (χ1) is 30.1. The number of unbranched alkanes of at least 4 members (excludes halogenated alkanes) is 18. The highest BCUT2D eigenvalue weighted by Gasteiger charge is 2.20. The Balaban J connectivity index is 4.81. The molecule has 0 rings (SSSR count). The molecule has 0 N–H and O–H groups in total. The molecule has 0 aliphatic heterocycles. The Hall–Kier alpha value is -2.70. The Morgan fingerprint density at radius 3 is 0.952 bits per heavy atom. The van der Waals surface area contributed by atoms with E-state index in [1.165, 1.54) is 25.7 Å². The minimum atomic E-state index is -0.528. The van der Waals surface area contributed by atoms with Gasteiger partial charge in [0, 0.05) is 49.8 Å². The molecule has 0 aromatic heterocycles. The minimum Gasteiger partial charge on any atom is -0.466 e. The molecule has 62 heavy (non-hydrogen) atoms. The topological polar surface area (TPSA) is 158 Å². The van der Waals surface area contributed by atoms with E-state index >= 15 is 0 Å². The van der Waals surface area contributed by atoms with Crippen molar-refractivity contribution in [3.63, 3.8) is 0 Å². The fourth-order valence-corrected chi connectivity index (χ4v) is 7.02. The molecule has 362 valence electrons. The quantitative estimate of drug-likeness (QED) is 0.0247. The first kappa shape index (κ1) is 59.3. The third kappa shape index (κ3) is 41.3. The van der Waals surface area contributed by atoms with Gasteiger partial charge in [-0.1, -0.05) is 139 Å². The highest BCUT2D eigenvalue weighted by Crippen LogP contribution is 2.16. The summed E-state index contributed by atoms with van der Waals surface area (Å²) in [5, 5.41) is 0.790. The number of hydrogen-bond donors (Lipinski definition) is 0. The molecule has 0 aromatic rings. The number of ether oxygens (including phenoxy) is 6. The molecule has 0 radical (unpaired) electrons. The van der Waals surface area contributed by atoms with Gasteiger partial charge in [-0.05, 0) is 57.8 Å². The van der Waals surface area contributed by atoms with Crippen molar-refractivity contribution in [1.82, 2.24) is 0 Å². The van der Waals surface area contributed by atoms with Crippen LogP contribution in [0.25, 0.3) is 0 Å². The van der Waals surface area contributed by atoms with Crippen molar-refractivity contribution in [2.45, 2.75) is 220 Å². The van der Waals surface area contributed by atoms with E-state index in [0.717, 1.165) is 114 Å². The van der Waals surface area contributed by atoms with Gasteiger partial charge < -0.3 is 28.4 Å². The molecule has 0 saturated heterocycles. The van der Waals surface area contributed by atoms with Gasteiger partial charge in [-0.25, -0.2) is 0 Å². The van der Waals surface area contributed by atoms with Crippen LogP contribution in [-0.2, 0) is 57.2 Å². The van der Waals surface area contributed by atoms with Crippen molar-refractivity contribution < 1.29 is 57.2 Å². The molecule has 0 aromatic carbocycles. The van der Waals surface area contributed by atoms with Gasteiger partial charge in [0.1, 0.15) is 19.8 Å². The largest absolute Gasteiger partial charge is 0.466 e. The first-order valence-corrected chi connectivity index (χ1v) is 25.8. The van der Waals surface area contributed by atoms with Crippen LogP contribution in [0.3, 0.4) is 0 Å². The van der Waals surface area contributed by atoms with E-state index in [2.05, 4.69) is 36.7 Å². The molecule has 0 aliphatic rings. The Bertz CT molecular complexity index is 1100. The van der Waals surface area contributed by atoms with E-state index in [-0.39, 0.29) is 88.1 Å². The Labute approximate surface area is 384 Å². The zero-order chi connectivity index (χ0) is 45.7. The zero-order valence-corrected chi connectivity index (χ0v) is 40.9. The van der Waals surface area contributed by atoms with Crippen molar-refractivity contribution in [2.75, 3.05) is 45.0 Å². The van der Waals surface area contributed by atoms with Gasteiger partial charge in [0.25, 0.3) is 0 Å². The molecule has 1 unspecified atom stereocenters. The lowest BCUT2D eigenvalue weighted by molar-refractivity contribution is -0.155. The van der Waals surface area contributed by atoms with Crippen LogP contribution in [-0.4, -0.2) is 80.8 Å². The lowest BCUT2D eigenvalue weighted by atomic mass is 10.0. The minimum absolute atomic E-state index is 0.0505. The predicted octanol–water partition coefficient (Wildman–Crippen LogP) is 12.0. The molecule has 0 saturated carbocycles. The van der Waals surface area contributed by atoms with Crippen molar-refractivity contribution in [2.24, 2.45) is 11.8 Å². The molecule has 0 bridgehead atoms. The summed E-state index contributed by atoms with van der Waals surface area (Å²) in [4.78, 5) is 74.6. The van der Waals surface area contributed by atoms with Gasteiger partial charge in [-0.3, -0.25) is 28.8 Å². The molecule has 1 atom stereocenters. The average Bonchev–Trinajstić information content (AvgIpc) is 3.26. The lowest BCUT2D eigenvalue weighted by Gasteiger charge is -2.19. The molecule has 0 spiro atoms. The second kappa shape index (κ2) is 44.9. The van der Waals surface area contributed by atoms with Gasteiger partial charge in [0.2, 0.25) is 0 Å². The summed E-state index contributed by atoms with van der Waals surface area (Å²) in [6.45, 7) is 7.00. The summed E-state index contributed by atoms with van der Waals surface area (Å²) in [5.41, 5.74) is 0. The van der Waals surface area contributed by atoms with Gasteiger partial charge in [-0.15, -0.1) is 0 Å². The van der Waals surface area contributed by atoms with Crippen LogP contribution >= 0.6 is 15.9 Å². The summed E-state index contributed by atoms with van der Waals surface area (Å²) in [7, 11) is 0. The summed E-state index contributed by atoms with van der Waals surface area (Å²) in [6, 6.07) is 0. The summed E-state index contributed by atoms with van der Waals surface area (Å²) >= 11 is 3.36. The molecule has 13 heteroatoms. The van der Waals surface area contributed by atoms with E-state index in [0.29, 0.717) is 51.6 Å². The SMILES string of the molecule is CCCCCCCCOC(=O)CCCCCCCC(=O)OCC(COC(=O)CCCCBr)COC(=O)CCCC(COC(=O)CCCCCCC)COC(=O)CCCCCCC. The van der Waals surface area contributed by atoms with Gasteiger partial charge in [0.05, 0.1) is 25.7 Å². The maximum atomic E-state index is 12.8. The normalized spacial score (nSPS) is 11.6. The number of alkyl halides is 1. The third-order valence-electron chi connectivity index (χ3n) is 10.6. The van der Waals surface area contributed by atoms with Crippen LogP contribution in [0, 0.1) is 11.8 Å². The van der Waals surface area contributed by atoms with Crippen molar-refractivity contribution in [3.8, 4) is 0 Å². The maximum absolute atomic E-state index is 12.8. The van der Waals surface area contributed by atoms with Gasteiger partial charge in [-0.2, -0.15) is 0 Å². The number of esters is 6. The second-order valence-corrected chi connectivity index (χ2v) is 17.6. The highest BCUT2D eigenvalue weighted by atomic mass is 79.9. The van der Waals surface area contributed by atoms with E-state index in [1.807, 2.05) is 0 Å². The molecule has 0 heterocycles. The van der Waals surface area contributed by atoms with Gasteiger partial charge >= 0.3 is 35.8 Å². The van der Waals surface area contributed by atoms with Crippen LogP contribution in [0.2, 0.25) is 0 Å². The van der Waals surface area contributed by atoms with Crippen LogP contribution in [0.15, 0.2) is 0 Å². The number of carbonyl (C=O) groups excluding carboxylic acids is 6. The van der Waals surface area contributed by atoms with E-state index in [4.69, 9.17) is 28.4 Å². The fourth-order valence-electron chi connectivity index (χ4n) is 6.63. The van der Waals surface area contributed by atoms with Crippen LogP contribution in [0.1, 0.15) is 220 Å². The van der Waals surface area contributed by atoms with E-state index < -0.39 is 11.9 Å². The lowest BCUT2D eigenvalue weighted by Crippen LogP contribution is -2.26. The molecule has 0 amide bonds. The zero-order valence-electron chi connectivity index (χ0n) is 39.3. The van der Waals surface area contributed by atoms with Crippen molar-refractivity contribution in [1.29, 1.82) is 0 Å². The number of carbonyl (C=O) groups is 6. The summed E-state index contributed by atoms with van der Waals surface area (Å²) < 4.78 is 33.0. The first-order valence-electron chi connectivity index (χ1n) is 24.6. The van der Waals surface area contributed by atoms with E-state index in [1.54, 1.807) is 0 Å². The molecular weight excluding hydrogens is 860 g/mol. The smallest absolute Gasteiger partial charge is 0.305 e. The molecular formula is C49H87BrO12. The number of rotatable bonds is 45. The fraction of sp³-hybridized carbons (Fsp3) is 0.878. The van der Waals surface area contributed by atoms with Crippen molar-refractivity contribution >= 4 is 51.7 Å². The predicted molar refractivity (Wildman–Crippen MR) is 247 cm³/mol. The highest BCUT2D eigenvalue weighted by molar-refractivity contribution is 9.09. The van der Waals surface area contributed by atoms with Crippen LogP contribution < -0.4 is 0 Å². The van der Waals surface area contributed by atoms with E-state index in [9.17, 15) is 28.8 Å². The Morgan fingerprint density at radius 2 is 0.597 bits per heavy atom. The second-order valence-electron chi connectivity index (χ2n) is 16.8. The monoisotopic (exact) mass is 947 g/mol. The average molecular weight is 948 g/mol. The Morgan fingerprint density at radius 1 is 0.323 bits per heavy atom. The van der Waals surface area contributed by atoms with Crippen LogP contribution in [0.5, 0.6) is 0 Å². The standard InChI is InChI=1S/C49H87BrO12/c1-4-7-10-13-19-26-36-57-44(51)29-22-17-14-18-23-32-47(54)60-39-43(40-61-48(55)33-24-25-35-50)41-62-49(56)34-27-28-42(37-58-45(52)30-20-15-11-8-5-2)38-59-46(53)31-21-16-12-9-6-3/h42-43H,4-41H2,1-3H3. The van der Waals surface area contributed by atoms with Gasteiger partial charge in [0.15, 0.2) is 0 Å². The summed E-state index contributed by atoms with van der Waals surface area (Å²) in [6.07, 6.45) is 25.4. The molecule has 12 nitrogen and oxygen atoms in total. The van der Waals surface area contributed by atoms with Crippen LogP contribution in [0.4, 0.5) is 0 Å². The third-order valence-corrected chi connectivity index (χ3v) is 11.2. The maximum Gasteiger partial charge on any atom is 0.305 e. The Kier molecular flexibility index (Phi) is 42.9.